The van der Waals surface area contributed by atoms with Gasteiger partial charge in [-0.05, 0) is 24.3 Å². The van der Waals surface area contributed by atoms with Crippen molar-refractivity contribution in [3.63, 3.8) is 0 Å². The summed E-state index contributed by atoms with van der Waals surface area (Å²) in [5, 5.41) is 13.3. The van der Waals surface area contributed by atoms with Crippen LogP contribution in [-0.4, -0.2) is 43.1 Å². The van der Waals surface area contributed by atoms with Gasteiger partial charge in [-0.15, -0.1) is 0 Å². The van der Waals surface area contributed by atoms with E-state index in [0.29, 0.717) is 11.4 Å². The molecule has 10 nitrogen and oxygen atoms in total. The minimum atomic E-state index is -5.14. The lowest BCUT2D eigenvalue weighted by Gasteiger charge is -2.08. The number of hydrogen-bond acceptors (Lipinski definition) is 7. The summed E-state index contributed by atoms with van der Waals surface area (Å²) < 4.78 is 36.9. The molecule has 150 valence electrons. The smallest absolute Gasteiger partial charge is 0.471 e. The van der Waals surface area contributed by atoms with Gasteiger partial charge in [0.2, 0.25) is 5.95 Å². The van der Waals surface area contributed by atoms with Crippen molar-refractivity contribution in [3.05, 3.63) is 52.1 Å². The van der Waals surface area contributed by atoms with Crippen LogP contribution in [0.5, 0.6) is 0 Å². The van der Waals surface area contributed by atoms with Crippen LogP contribution >= 0.6 is 0 Å². The maximum absolute atomic E-state index is 12.3. The highest BCUT2D eigenvalue weighted by Gasteiger charge is 2.39. The largest absolute Gasteiger partial charge is 0.478 e. The molecule has 0 saturated heterocycles. The van der Waals surface area contributed by atoms with Gasteiger partial charge < -0.3 is 10.4 Å². The van der Waals surface area contributed by atoms with Crippen LogP contribution in [0.3, 0.4) is 0 Å². The lowest BCUT2D eigenvalue weighted by atomic mass is 10.2. The lowest BCUT2D eigenvalue weighted by Crippen LogP contribution is -2.31. The molecular formula is C16H11F3N6O4. The van der Waals surface area contributed by atoms with Gasteiger partial charge >= 0.3 is 18.1 Å². The number of hydrogen-bond donors (Lipinski definition) is 4. The zero-order valence-corrected chi connectivity index (χ0v) is 14.2. The average Bonchev–Trinajstić information content (AvgIpc) is 2.66. The van der Waals surface area contributed by atoms with Crippen LogP contribution in [-0.2, 0) is 11.3 Å². The third-order valence-electron chi connectivity index (χ3n) is 3.56. The van der Waals surface area contributed by atoms with Crippen molar-refractivity contribution < 1.29 is 27.9 Å². The first-order valence-electron chi connectivity index (χ1n) is 7.85. The zero-order valence-electron chi connectivity index (χ0n) is 14.2. The van der Waals surface area contributed by atoms with Gasteiger partial charge in [-0.3, -0.25) is 19.9 Å². The van der Waals surface area contributed by atoms with E-state index in [1.165, 1.54) is 23.6 Å². The number of carbonyl (C=O) groups excluding carboxylic acids is 1. The maximum Gasteiger partial charge on any atom is 0.471 e. The fourth-order valence-corrected chi connectivity index (χ4v) is 2.20. The summed E-state index contributed by atoms with van der Waals surface area (Å²) in [5.74, 6) is -4.05. The van der Waals surface area contributed by atoms with E-state index < -0.39 is 29.6 Å². The number of nitrogens with zero attached hydrogens (tertiary/aromatic N) is 3. The molecule has 0 aliphatic carbocycles. The molecule has 0 aliphatic heterocycles. The minimum Gasteiger partial charge on any atom is -0.478 e. The fourth-order valence-electron chi connectivity index (χ4n) is 2.20. The fraction of sp³-hybridized carbons (Fsp3) is 0.125. The quantitative estimate of drug-likeness (QED) is 0.496. The lowest BCUT2D eigenvalue weighted by molar-refractivity contribution is -0.167. The van der Waals surface area contributed by atoms with E-state index in [1.54, 1.807) is 12.1 Å². The summed E-state index contributed by atoms with van der Waals surface area (Å²) in [6.07, 6.45) is -3.89. The number of benzene rings is 1. The summed E-state index contributed by atoms with van der Waals surface area (Å²) in [6, 6.07) is 5.90. The molecular weight excluding hydrogens is 397 g/mol. The number of aromatic amines is 1. The Hall–Kier alpha value is -4.03. The van der Waals surface area contributed by atoms with E-state index in [9.17, 15) is 27.6 Å². The van der Waals surface area contributed by atoms with E-state index in [-0.39, 0.29) is 23.3 Å². The standard InChI is InChI=1S/C16H11F3N6O4/c17-16(18,19)14(29)25-15-23-11-10(12(26)24-15)22-9(6-21-11)5-20-8-3-1-7(2-4-8)13(27)28/h1-4,6,20H,5H2,(H,27,28)(H2,21,23,24,25,26,29). The molecule has 0 atom stereocenters. The second-order valence-electron chi connectivity index (χ2n) is 5.64. The third kappa shape index (κ3) is 4.63. The molecule has 0 bridgehead atoms. The van der Waals surface area contributed by atoms with Gasteiger partial charge in [0.05, 0.1) is 24.0 Å². The van der Waals surface area contributed by atoms with Crippen molar-refractivity contribution in [3.8, 4) is 0 Å². The first kappa shape index (κ1) is 19.7. The van der Waals surface area contributed by atoms with Crippen LogP contribution < -0.4 is 16.2 Å². The summed E-state index contributed by atoms with van der Waals surface area (Å²) in [7, 11) is 0. The molecule has 0 aliphatic rings. The summed E-state index contributed by atoms with van der Waals surface area (Å²) in [4.78, 5) is 47.4. The van der Waals surface area contributed by atoms with Gasteiger partial charge in [0.25, 0.3) is 5.56 Å². The van der Waals surface area contributed by atoms with Gasteiger partial charge in [0, 0.05) is 5.69 Å². The van der Waals surface area contributed by atoms with Gasteiger partial charge in [0.15, 0.2) is 11.2 Å². The second kappa shape index (κ2) is 7.53. The van der Waals surface area contributed by atoms with Gasteiger partial charge in [-0.25, -0.2) is 14.8 Å². The maximum atomic E-state index is 12.3. The topological polar surface area (TPSA) is 150 Å². The molecule has 13 heteroatoms. The number of fused-ring (bicyclic) bond motifs is 1. The molecule has 0 fully saturated rings. The number of anilines is 2. The number of alkyl halides is 3. The van der Waals surface area contributed by atoms with Crippen LogP contribution in [0.25, 0.3) is 11.2 Å². The number of amides is 1. The van der Waals surface area contributed by atoms with Crippen molar-refractivity contribution in [1.29, 1.82) is 0 Å². The van der Waals surface area contributed by atoms with E-state index >= 15 is 0 Å². The number of halogens is 3. The predicted molar refractivity (Wildman–Crippen MR) is 93.4 cm³/mol. The number of carboxylic acid groups (broad SMARTS) is 1. The van der Waals surface area contributed by atoms with E-state index in [4.69, 9.17) is 5.11 Å². The highest BCUT2D eigenvalue weighted by molar-refractivity contribution is 5.93. The highest BCUT2D eigenvalue weighted by atomic mass is 19.4. The molecule has 2 aromatic heterocycles. The highest BCUT2D eigenvalue weighted by Crippen LogP contribution is 2.17. The molecule has 1 aromatic carbocycles. The molecule has 3 aromatic rings. The number of aromatic nitrogens is 4. The first-order valence-corrected chi connectivity index (χ1v) is 7.85. The molecule has 0 unspecified atom stereocenters. The van der Waals surface area contributed by atoms with Crippen molar-refractivity contribution >= 4 is 34.7 Å². The molecule has 29 heavy (non-hydrogen) atoms. The Balaban J connectivity index is 1.77. The van der Waals surface area contributed by atoms with Crippen LogP contribution in [0.4, 0.5) is 24.8 Å². The Kier molecular flexibility index (Phi) is 5.12. The van der Waals surface area contributed by atoms with E-state index in [1.807, 2.05) is 4.98 Å². The zero-order chi connectivity index (χ0) is 21.2. The summed E-state index contributed by atoms with van der Waals surface area (Å²) >= 11 is 0. The summed E-state index contributed by atoms with van der Waals surface area (Å²) in [6.45, 7) is 0.126. The van der Waals surface area contributed by atoms with Gasteiger partial charge in [0.1, 0.15) is 0 Å². The van der Waals surface area contributed by atoms with Crippen LogP contribution in [0.15, 0.2) is 35.3 Å². The first-order chi connectivity index (χ1) is 13.6. The Morgan fingerprint density at radius 3 is 2.45 bits per heavy atom. The van der Waals surface area contributed by atoms with Crippen molar-refractivity contribution in [2.45, 2.75) is 12.7 Å². The monoisotopic (exact) mass is 408 g/mol. The van der Waals surface area contributed by atoms with Crippen LogP contribution in [0.1, 0.15) is 16.1 Å². The van der Waals surface area contributed by atoms with Crippen molar-refractivity contribution in [2.75, 3.05) is 10.6 Å². The number of carboxylic acids is 1. The third-order valence-corrected chi connectivity index (χ3v) is 3.56. The molecule has 4 N–H and O–H groups in total. The number of H-pyrrole nitrogens is 1. The Labute approximate surface area is 158 Å². The molecule has 0 saturated carbocycles. The Morgan fingerprint density at radius 2 is 1.83 bits per heavy atom. The van der Waals surface area contributed by atoms with Gasteiger partial charge in [-0.1, -0.05) is 0 Å². The predicted octanol–water partition coefficient (Wildman–Crippen LogP) is 1.52. The van der Waals surface area contributed by atoms with Gasteiger partial charge in [-0.2, -0.15) is 18.2 Å². The van der Waals surface area contributed by atoms with Crippen molar-refractivity contribution in [2.24, 2.45) is 0 Å². The normalized spacial score (nSPS) is 11.3. The summed E-state index contributed by atoms with van der Waals surface area (Å²) in [5.41, 5.74) is -0.329. The molecule has 2 heterocycles. The molecule has 1 amide bonds. The van der Waals surface area contributed by atoms with Crippen LogP contribution in [0.2, 0.25) is 0 Å². The van der Waals surface area contributed by atoms with Crippen molar-refractivity contribution in [1.82, 2.24) is 19.9 Å². The Morgan fingerprint density at radius 1 is 1.14 bits per heavy atom. The molecule has 3 rings (SSSR count). The van der Waals surface area contributed by atoms with E-state index in [0.717, 1.165) is 0 Å². The minimum absolute atomic E-state index is 0.118. The number of rotatable bonds is 5. The molecule has 0 spiro atoms. The number of aromatic carboxylic acids is 1. The average molecular weight is 408 g/mol. The van der Waals surface area contributed by atoms with Crippen LogP contribution in [0, 0.1) is 0 Å². The SMILES string of the molecule is O=C(O)c1ccc(NCc2cnc3nc(NC(=O)C(F)(F)F)[nH]c(=O)c3n2)cc1. The van der Waals surface area contributed by atoms with E-state index in [2.05, 4.69) is 20.3 Å². The second-order valence-corrected chi connectivity index (χ2v) is 5.64. The molecule has 0 radical (unpaired) electrons. The Bertz CT molecular complexity index is 1140. The number of carbonyl (C=O) groups is 2. The number of nitrogens with one attached hydrogen (secondary N) is 3.